The Bertz CT molecular complexity index is 761. The molecule has 8 nitrogen and oxygen atoms in total. The summed E-state index contributed by atoms with van der Waals surface area (Å²) in [5, 5.41) is 15.2. The number of amides is 3. The van der Waals surface area contributed by atoms with E-state index in [0.717, 1.165) is 6.42 Å². The zero-order valence-electron chi connectivity index (χ0n) is 14.3. The molecule has 3 amide bonds. The molecule has 0 spiro atoms. The minimum atomic E-state index is -0.469. The van der Waals surface area contributed by atoms with E-state index in [9.17, 15) is 9.59 Å². The van der Waals surface area contributed by atoms with Gasteiger partial charge in [-0.15, -0.1) is 0 Å². The Morgan fingerprint density at radius 1 is 1.36 bits per heavy atom. The zero-order valence-corrected chi connectivity index (χ0v) is 15.1. The third-order valence-corrected chi connectivity index (χ3v) is 3.69. The number of aromatic amines is 1. The van der Waals surface area contributed by atoms with Gasteiger partial charge in [-0.1, -0.05) is 18.5 Å². The van der Waals surface area contributed by atoms with E-state index >= 15 is 0 Å². The van der Waals surface area contributed by atoms with Crippen LogP contribution in [0.1, 0.15) is 48.3 Å². The van der Waals surface area contributed by atoms with E-state index in [1.165, 1.54) is 6.07 Å². The molecule has 0 saturated carbocycles. The lowest BCUT2D eigenvalue weighted by atomic mass is 10.2. The van der Waals surface area contributed by atoms with Gasteiger partial charge in [0.25, 0.3) is 5.91 Å². The van der Waals surface area contributed by atoms with E-state index in [1.807, 2.05) is 6.92 Å². The van der Waals surface area contributed by atoms with Crippen LogP contribution in [0.3, 0.4) is 0 Å². The van der Waals surface area contributed by atoms with Gasteiger partial charge in [-0.2, -0.15) is 5.10 Å². The van der Waals surface area contributed by atoms with Crippen molar-refractivity contribution >= 4 is 29.2 Å². The van der Waals surface area contributed by atoms with Crippen LogP contribution in [0, 0.1) is 6.92 Å². The number of hydrogen-bond acceptors (Lipinski definition) is 4. The van der Waals surface area contributed by atoms with Crippen LogP contribution in [-0.2, 0) is 0 Å². The Balaban J connectivity index is 2.03. The highest BCUT2D eigenvalue weighted by Crippen LogP contribution is 2.23. The van der Waals surface area contributed by atoms with Crippen LogP contribution in [0.2, 0.25) is 5.02 Å². The summed E-state index contributed by atoms with van der Waals surface area (Å²) in [6.45, 7) is 6.09. The molecule has 2 aromatic rings. The van der Waals surface area contributed by atoms with Gasteiger partial charge in [-0.3, -0.25) is 9.89 Å². The predicted octanol–water partition coefficient (Wildman–Crippen LogP) is 2.79. The molecule has 1 aromatic heterocycles. The smallest absolute Gasteiger partial charge is 0.319 e. The van der Waals surface area contributed by atoms with E-state index < -0.39 is 6.03 Å². The number of aromatic nitrogens is 3. The maximum atomic E-state index is 12.2. The van der Waals surface area contributed by atoms with Gasteiger partial charge in [0.05, 0.1) is 16.8 Å². The number of carbonyl (C=O) groups is 2. The minimum absolute atomic E-state index is 0.216. The molecule has 0 radical (unpaired) electrons. The molecule has 9 heteroatoms. The Labute approximate surface area is 150 Å². The largest absolute Gasteiger partial charge is 0.352 e. The first-order valence-electron chi connectivity index (χ1n) is 7.95. The van der Waals surface area contributed by atoms with Crippen LogP contribution in [0.15, 0.2) is 18.2 Å². The summed E-state index contributed by atoms with van der Waals surface area (Å²) in [6.07, 6.45) is 0.839. The first-order valence-corrected chi connectivity index (χ1v) is 8.32. The van der Waals surface area contributed by atoms with Gasteiger partial charge in [-0.05, 0) is 38.5 Å². The lowest BCUT2D eigenvalue weighted by Crippen LogP contribution is -2.32. The lowest BCUT2D eigenvalue weighted by molar-refractivity contribution is 0.0953. The highest BCUT2D eigenvalue weighted by Gasteiger charge is 2.15. The second kappa shape index (κ2) is 8.48. The fourth-order valence-corrected chi connectivity index (χ4v) is 2.24. The van der Waals surface area contributed by atoms with Crippen molar-refractivity contribution in [2.45, 2.75) is 33.2 Å². The summed E-state index contributed by atoms with van der Waals surface area (Å²) in [7, 11) is 0. The fourth-order valence-electron chi connectivity index (χ4n) is 2.08. The molecule has 0 aliphatic carbocycles. The van der Waals surface area contributed by atoms with E-state index in [2.05, 4.69) is 31.1 Å². The van der Waals surface area contributed by atoms with Crippen LogP contribution in [-0.4, -0.2) is 33.7 Å². The molecule has 0 aliphatic rings. The predicted molar refractivity (Wildman–Crippen MR) is 95.8 cm³/mol. The van der Waals surface area contributed by atoms with Gasteiger partial charge in [-0.25, -0.2) is 9.78 Å². The number of H-pyrrole nitrogens is 1. The van der Waals surface area contributed by atoms with Gasteiger partial charge in [0.1, 0.15) is 5.82 Å². The number of nitrogens with one attached hydrogen (secondary N) is 4. The molecule has 4 N–H and O–H groups in total. The van der Waals surface area contributed by atoms with Crippen molar-refractivity contribution in [3.8, 4) is 0 Å². The van der Waals surface area contributed by atoms with E-state index in [1.54, 1.807) is 26.0 Å². The summed E-state index contributed by atoms with van der Waals surface area (Å²) in [6, 6.07) is 3.85. The normalized spacial score (nSPS) is 11.7. The van der Waals surface area contributed by atoms with Crippen molar-refractivity contribution in [3.63, 3.8) is 0 Å². The average molecular weight is 365 g/mol. The highest BCUT2D eigenvalue weighted by atomic mass is 35.5. The number of benzene rings is 1. The quantitative estimate of drug-likeness (QED) is 0.631. The molecule has 134 valence electrons. The number of aryl methyl sites for hydroxylation is 1. The average Bonchev–Trinajstić information content (AvgIpc) is 3.01. The van der Waals surface area contributed by atoms with Crippen LogP contribution in [0.4, 0.5) is 10.5 Å². The number of rotatable bonds is 6. The summed E-state index contributed by atoms with van der Waals surface area (Å²) in [5.41, 5.74) is 0.771. The number of nitrogens with zero attached hydrogens (tertiary/aromatic N) is 2. The van der Waals surface area contributed by atoms with Crippen molar-refractivity contribution in [2.75, 3.05) is 11.9 Å². The van der Waals surface area contributed by atoms with Gasteiger partial charge in [0.15, 0.2) is 5.82 Å². The Morgan fingerprint density at radius 2 is 2.12 bits per heavy atom. The maximum absolute atomic E-state index is 12.2. The number of halogens is 1. The molecule has 0 saturated heterocycles. The van der Waals surface area contributed by atoms with Crippen molar-refractivity contribution in [3.05, 3.63) is 40.4 Å². The Morgan fingerprint density at radius 3 is 2.76 bits per heavy atom. The minimum Gasteiger partial charge on any atom is -0.352 e. The molecular weight excluding hydrogens is 344 g/mol. The standard InChI is InChI=1S/C16H21ClN6O2/c1-4-7-18-15(24)11-5-6-12(17)13(8-11)21-16(25)19-9(2)14-20-10(3)22-23-14/h5-6,8-9H,4,7H2,1-3H3,(H,18,24)(H2,19,21,25)(H,20,22,23)/t9-/m0/s1. The topological polar surface area (TPSA) is 112 Å². The monoisotopic (exact) mass is 364 g/mol. The lowest BCUT2D eigenvalue weighted by Gasteiger charge is -2.13. The maximum Gasteiger partial charge on any atom is 0.319 e. The third kappa shape index (κ3) is 5.18. The van der Waals surface area contributed by atoms with E-state index in [4.69, 9.17) is 11.6 Å². The number of urea groups is 1. The van der Waals surface area contributed by atoms with Crippen molar-refractivity contribution in [1.82, 2.24) is 25.8 Å². The Hall–Kier alpha value is -2.61. The third-order valence-electron chi connectivity index (χ3n) is 3.36. The van der Waals surface area contributed by atoms with Crippen LogP contribution in [0.5, 0.6) is 0 Å². The van der Waals surface area contributed by atoms with Crippen molar-refractivity contribution in [1.29, 1.82) is 0 Å². The molecule has 0 aliphatic heterocycles. The summed E-state index contributed by atoms with van der Waals surface area (Å²) >= 11 is 6.10. The second-order valence-electron chi connectivity index (χ2n) is 5.55. The van der Waals surface area contributed by atoms with Crippen molar-refractivity contribution in [2.24, 2.45) is 0 Å². The summed E-state index contributed by atoms with van der Waals surface area (Å²) < 4.78 is 0. The molecule has 1 aromatic carbocycles. The fraction of sp³-hybridized carbons (Fsp3) is 0.375. The van der Waals surface area contributed by atoms with Gasteiger partial charge in [0.2, 0.25) is 0 Å². The Kier molecular flexibility index (Phi) is 6.35. The first kappa shape index (κ1) is 18.7. The van der Waals surface area contributed by atoms with Crippen LogP contribution in [0.25, 0.3) is 0 Å². The molecular formula is C16H21ClN6O2. The summed E-state index contributed by atoms with van der Waals surface area (Å²) in [4.78, 5) is 28.3. The van der Waals surface area contributed by atoms with E-state index in [-0.39, 0.29) is 11.9 Å². The van der Waals surface area contributed by atoms with Crippen molar-refractivity contribution < 1.29 is 9.59 Å². The van der Waals surface area contributed by atoms with Crippen LogP contribution >= 0.6 is 11.6 Å². The highest BCUT2D eigenvalue weighted by molar-refractivity contribution is 6.33. The van der Waals surface area contributed by atoms with E-state index in [0.29, 0.717) is 34.5 Å². The number of anilines is 1. The van der Waals surface area contributed by atoms with Gasteiger partial charge < -0.3 is 16.0 Å². The SMILES string of the molecule is CCCNC(=O)c1ccc(Cl)c(NC(=O)N[C@@H](C)c2n[nH]c(C)n2)c1. The second-order valence-corrected chi connectivity index (χ2v) is 5.96. The number of carbonyl (C=O) groups excluding carboxylic acids is 2. The first-order chi connectivity index (χ1) is 11.9. The molecule has 1 heterocycles. The van der Waals surface area contributed by atoms with Gasteiger partial charge in [0, 0.05) is 12.1 Å². The molecule has 0 fully saturated rings. The number of hydrogen-bond donors (Lipinski definition) is 4. The molecule has 2 rings (SSSR count). The molecule has 0 unspecified atom stereocenters. The van der Waals surface area contributed by atoms with Crippen LogP contribution < -0.4 is 16.0 Å². The summed E-state index contributed by atoms with van der Waals surface area (Å²) in [5.74, 6) is 0.927. The molecule has 0 bridgehead atoms. The molecule has 1 atom stereocenters. The van der Waals surface area contributed by atoms with Gasteiger partial charge >= 0.3 is 6.03 Å². The zero-order chi connectivity index (χ0) is 18.4. The molecule has 25 heavy (non-hydrogen) atoms.